The van der Waals surface area contributed by atoms with Crippen LogP contribution in [-0.4, -0.2) is 77.9 Å². The molecule has 0 aliphatic carbocycles. The van der Waals surface area contributed by atoms with Gasteiger partial charge in [0.15, 0.2) is 5.13 Å². The number of allylic oxidation sites excluding steroid dienone is 4. The molecule has 7 heteroatoms. The molecule has 2 aromatic rings. The van der Waals surface area contributed by atoms with Crippen LogP contribution in [0.5, 0.6) is 0 Å². The van der Waals surface area contributed by atoms with Crippen LogP contribution in [0.2, 0.25) is 0 Å². The van der Waals surface area contributed by atoms with Crippen molar-refractivity contribution in [3.05, 3.63) is 81.5 Å². The first-order valence-electron chi connectivity index (χ1n) is 13.3. The van der Waals surface area contributed by atoms with E-state index in [1.165, 1.54) is 21.7 Å². The molecule has 2 aliphatic heterocycles. The summed E-state index contributed by atoms with van der Waals surface area (Å²) in [5.74, 6) is 0.152. The van der Waals surface area contributed by atoms with E-state index in [0.29, 0.717) is 0 Å². The highest BCUT2D eigenvalue weighted by molar-refractivity contribution is 7.15. The molecule has 0 saturated carbocycles. The first kappa shape index (κ1) is 27.1. The summed E-state index contributed by atoms with van der Waals surface area (Å²) in [7, 11) is 0. The second-order valence-electron chi connectivity index (χ2n) is 10.2. The summed E-state index contributed by atoms with van der Waals surface area (Å²) in [6, 6.07) is 4.34. The molecule has 0 N–H and O–H groups in total. The van der Waals surface area contributed by atoms with E-state index in [0.717, 1.165) is 80.7 Å². The third-order valence-electron chi connectivity index (χ3n) is 7.35. The summed E-state index contributed by atoms with van der Waals surface area (Å²) in [4.78, 5) is 28.5. The van der Waals surface area contributed by atoms with Crippen molar-refractivity contribution in [1.29, 1.82) is 0 Å². The van der Waals surface area contributed by atoms with Crippen LogP contribution in [0.15, 0.2) is 54.4 Å². The molecule has 0 atom stereocenters. The van der Waals surface area contributed by atoms with Crippen molar-refractivity contribution >= 4 is 22.4 Å². The highest BCUT2D eigenvalue weighted by Gasteiger charge is 2.26. The number of thiazole rings is 1. The van der Waals surface area contributed by atoms with Gasteiger partial charge in [-0.05, 0) is 69.0 Å². The fourth-order valence-corrected chi connectivity index (χ4v) is 5.96. The molecule has 0 radical (unpaired) electrons. The van der Waals surface area contributed by atoms with E-state index in [4.69, 9.17) is 0 Å². The van der Waals surface area contributed by atoms with Crippen LogP contribution in [0.3, 0.4) is 0 Å². The number of benzene rings is 1. The number of aryl methyl sites for hydroxylation is 3. The molecule has 3 heterocycles. The summed E-state index contributed by atoms with van der Waals surface area (Å²) in [6.45, 7) is 22.6. The van der Waals surface area contributed by atoms with Crippen LogP contribution in [0, 0.1) is 20.8 Å². The van der Waals surface area contributed by atoms with E-state index in [1.54, 1.807) is 11.3 Å². The lowest BCUT2D eigenvalue weighted by Gasteiger charge is -2.38. The third kappa shape index (κ3) is 6.51. The van der Waals surface area contributed by atoms with Crippen molar-refractivity contribution in [2.45, 2.75) is 41.2 Å². The second-order valence-corrected chi connectivity index (χ2v) is 11.5. The number of carbonyl (C=O) groups is 1. The molecule has 1 aromatic heterocycles. The summed E-state index contributed by atoms with van der Waals surface area (Å²) in [5.41, 5.74) is 6.75. The second kappa shape index (κ2) is 12.1. The van der Waals surface area contributed by atoms with E-state index in [1.807, 2.05) is 18.0 Å². The smallest absolute Gasteiger partial charge is 0.254 e. The molecular weight excluding hydrogens is 478 g/mol. The number of hydrogen-bond acceptors (Lipinski definition) is 6. The number of hydrogen-bond donors (Lipinski definition) is 0. The molecule has 6 nitrogen and oxygen atoms in total. The Hall–Kier alpha value is -2.90. The molecule has 198 valence electrons. The quantitative estimate of drug-likeness (QED) is 0.472. The van der Waals surface area contributed by atoms with Gasteiger partial charge in [0.2, 0.25) is 0 Å². The van der Waals surface area contributed by atoms with Crippen LogP contribution in [-0.2, 0) is 6.54 Å². The van der Waals surface area contributed by atoms with Crippen molar-refractivity contribution in [3.8, 4) is 0 Å². The lowest BCUT2D eigenvalue weighted by Crippen LogP contribution is -2.49. The normalized spacial score (nSPS) is 17.6. The maximum Gasteiger partial charge on any atom is 0.254 e. The summed E-state index contributed by atoms with van der Waals surface area (Å²) in [5, 5.41) is 1.06. The average Bonchev–Trinajstić information content (AvgIpc) is 3.32. The minimum Gasteiger partial charge on any atom is -0.369 e. The largest absolute Gasteiger partial charge is 0.369 e. The highest BCUT2D eigenvalue weighted by Crippen LogP contribution is 2.25. The minimum atomic E-state index is 0.152. The number of carbonyl (C=O) groups excluding carboxylic acids is 1. The fraction of sp³-hybridized carbons (Fsp3) is 0.467. The Bertz CT molecular complexity index is 1180. The Balaban J connectivity index is 1.39. The lowest BCUT2D eigenvalue weighted by atomic mass is 9.98. The molecule has 1 aromatic carbocycles. The zero-order valence-corrected chi connectivity index (χ0v) is 23.9. The van der Waals surface area contributed by atoms with Crippen LogP contribution >= 0.6 is 11.3 Å². The number of piperazine rings is 2. The monoisotopic (exact) mass is 519 g/mol. The first-order chi connectivity index (χ1) is 17.8. The number of aromatic nitrogens is 1. The molecule has 0 spiro atoms. The summed E-state index contributed by atoms with van der Waals surface area (Å²) < 4.78 is 0. The predicted molar refractivity (Wildman–Crippen MR) is 155 cm³/mol. The van der Waals surface area contributed by atoms with Gasteiger partial charge in [0.1, 0.15) is 0 Å². The van der Waals surface area contributed by atoms with Crippen molar-refractivity contribution in [2.75, 3.05) is 57.3 Å². The van der Waals surface area contributed by atoms with E-state index in [9.17, 15) is 4.79 Å². The lowest BCUT2D eigenvalue weighted by molar-refractivity contribution is 0.0745. The fourth-order valence-electron chi connectivity index (χ4n) is 5.15. The molecular formula is C30H41N5OS. The van der Waals surface area contributed by atoms with E-state index >= 15 is 0 Å². The summed E-state index contributed by atoms with van der Waals surface area (Å²) >= 11 is 1.72. The SMILES string of the molecule is C=C(C)/C(=C\C=C/C)N1CCN(Cc2cc(C(=O)N3CCN(c4ncc(C)s4)CC3)c(C)cc2C)CC1. The summed E-state index contributed by atoms with van der Waals surface area (Å²) in [6.07, 6.45) is 8.23. The molecule has 37 heavy (non-hydrogen) atoms. The number of rotatable bonds is 7. The zero-order valence-electron chi connectivity index (χ0n) is 23.1. The molecule has 4 rings (SSSR count). The van der Waals surface area contributed by atoms with Crippen LogP contribution in [0.25, 0.3) is 0 Å². The number of nitrogens with zero attached hydrogens (tertiary/aromatic N) is 5. The predicted octanol–water partition coefficient (Wildman–Crippen LogP) is 5.18. The maximum absolute atomic E-state index is 13.5. The van der Waals surface area contributed by atoms with Gasteiger partial charge in [-0.2, -0.15) is 0 Å². The Morgan fingerprint density at radius 3 is 2.27 bits per heavy atom. The standard InChI is InChI=1S/C30H41N5OS/c1-7-8-9-28(22(2)3)33-12-10-32(11-13-33)21-26-19-27(24(5)18-23(26)4)29(36)34-14-16-35(17-15-34)30-31-20-25(6)37-30/h7-9,18-20H,2,10-17,21H2,1,3-6H3/b8-7-,28-9+. The minimum absolute atomic E-state index is 0.152. The topological polar surface area (TPSA) is 42.9 Å². The molecule has 0 bridgehead atoms. The first-order valence-corrected chi connectivity index (χ1v) is 14.1. The van der Waals surface area contributed by atoms with Gasteiger partial charge in [0.05, 0.1) is 0 Å². The van der Waals surface area contributed by atoms with Crippen LogP contribution < -0.4 is 4.90 Å². The Labute approximate surface area is 226 Å². The Morgan fingerprint density at radius 1 is 1.00 bits per heavy atom. The van der Waals surface area contributed by atoms with Crippen molar-refractivity contribution in [3.63, 3.8) is 0 Å². The Kier molecular flexibility index (Phi) is 8.87. The molecule has 2 fully saturated rings. The van der Waals surface area contributed by atoms with Crippen LogP contribution in [0.4, 0.5) is 5.13 Å². The molecule has 1 amide bonds. The Morgan fingerprint density at radius 2 is 1.68 bits per heavy atom. The van der Waals surface area contributed by atoms with Gasteiger partial charge in [0, 0.05) is 81.2 Å². The van der Waals surface area contributed by atoms with Gasteiger partial charge >= 0.3 is 0 Å². The molecule has 0 unspecified atom stereocenters. The van der Waals surface area contributed by atoms with Gasteiger partial charge in [-0.25, -0.2) is 4.98 Å². The number of amides is 1. The van der Waals surface area contributed by atoms with Gasteiger partial charge in [-0.3, -0.25) is 9.69 Å². The van der Waals surface area contributed by atoms with E-state index in [-0.39, 0.29) is 5.91 Å². The third-order valence-corrected chi connectivity index (χ3v) is 8.32. The average molecular weight is 520 g/mol. The van der Waals surface area contributed by atoms with Crippen molar-refractivity contribution < 1.29 is 4.79 Å². The van der Waals surface area contributed by atoms with E-state index < -0.39 is 0 Å². The van der Waals surface area contributed by atoms with E-state index in [2.05, 4.69) is 84.3 Å². The highest BCUT2D eigenvalue weighted by atomic mass is 32.1. The van der Waals surface area contributed by atoms with Gasteiger partial charge in [-0.1, -0.05) is 24.8 Å². The number of anilines is 1. The van der Waals surface area contributed by atoms with Crippen molar-refractivity contribution in [1.82, 2.24) is 19.7 Å². The molecule has 2 aliphatic rings. The van der Waals surface area contributed by atoms with Crippen LogP contribution in [0.1, 0.15) is 45.8 Å². The zero-order chi connectivity index (χ0) is 26.5. The maximum atomic E-state index is 13.5. The van der Waals surface area contributed by atoms with Gasteiger partial charge < -0.3 is 14.7 Å². The van der Waals surface area contributed by atoms with Gasteiger partial charge in [-0.15, -0.1) is 11.3 Å². The van der Waals surface area contributed by atoms with Crippen molar-refractivity contribution in [2.24, 2.45) is 0 Å². The molecule has 2 saturated heterocycles. The van der Waals surface area contributed by atoms with Gasteiger partial charge in [0.25, 0.3) is 5.91 Å².